The third-order valence-corrected chi connectivity index (χ3v) is 3.34. The molecule has 0 fully saturated rings. The molecule has 0 bridgehead atoms. The Hall–Kier alpha value is -2.62. The highest BCUT2D eigenvalue weighted by Gasteiger charge is 2.13. The molecule has 3 aromatic rings. The van der Waals surface area contributed by atoms with Crippen molar-refractivity contribution in [2.24, 2.45) is 0 Å². The lowest BCUT2D eigenvalue weighted by molar-refractivity contribution is -0.136. The van der Waals surface area contributed by atoms with Crippen LogP contribution < -0.4 is 5.43 Å². The number of para-hydroxylation sites is 2. The summed E-state index contributed by atoms with van der Waals surface area (Å²) in [5.41, 5.74) is 2.12. The molecule has 0 atom stereocenters. The van der Waals surface area contributed by atoms with Gasteiger partial charge >= 0.3 is 5.97 Å². The van der Waals surface area contributed by atoms with E-state index in [4.69, 9.17) is 9.52 Å². The van der Waals surface area contributed by atoms with Crippen LogP contribution in [-0.4, -0.2) is 11.1 Å². The molecule has 3 rings (SSSR count). The zero-order valence-electron chi connectivity index (χ0n) is 10.8. The SMILES string of the molecule is Cc1cccc2c(=O)c3cccc(CC(=O)O)c3oc12. The summed E-state index contributed by atoms with van der Waals surface area (Å²) in [5, 5.41) is 9.88. The van der Waals surface area contributed by atoms with Crippen molar-refractivity contribution < 1.29 is 14.3 Å². The number of carboxylic acid groups (broad SMARTS) is 1. The van der Waals surface area contributed by atoms with Gasteiger partial charge < -0.3 is 9.52 Å². The zero-order chi connectivity index (χ0) is 14.3. The monoisotopic (exact) mass is 268 g/mol. The molecular formula is C16H12O4. The number of rotatable bonds is 2. The van der Waals surface area contributed by atoms with Gasteiger partial charge in [-0.15, -0.1) is 0 Å². The standard InChI is InChI=1S/C16H12O4/c1-9-4-2-6-11-14(19)12-7-3-5-10(8-13(17)18)16(12)20-15(9)11/h2-7H,8H2,1H3,(H,17,18). The van der Waals surface area contributed by atoms with Gasteiger partial charge in [0.05, 0.1) is 17.2 Å². The summed E-state index contributed by atoms with van der Waals surface area (Å²) < 4.78 is 5.83. The Morgan fingerprint density at radius 3 is 2.45 bits per heavy atom. The van der Waals surface area contributed by atoms with Crippen molar-refractivity contribution in [3.63, 3.8) is 0 Å². The lowest BCUT2D eigenvalue weighted by Gasteiger charge is -2.06. The van der Waals surface area contributed by atoms with Crippen LogP contribution in [0.15, 0.2) is 45.6 Å². The van der Waals surface area contributed by atoms with E-state index in [1.807, 2.05) is 19.1 Å². The number of fused-ring (bicyclic) bond motifs is 2. The highest BCUT2D eigenvalue weighted by molar-refractivity contribution is 5.93. The molecule has 2 aromatic carbocycles. The van der Waals surface area contributed by atoms with Crippen molar-refractivity contribution in [2.75, 3.05) is 0 Å². The first-order chi connectivity index (χ1) is 9.58. The lowest BCUT2D eigenvalue weighted by Crippen LogP contribution is -2.06. The molecule has 0 aliphatic heterocycles. The van der Waals surface area contributed by atoms with Crippen molar-refractivity contribution in [3.05, 3.63) is 57.7 Å². The minimum Gasteiger partial charge on any atom is -0.481 e. The highest BCUT2D eigenvalue weighted by atomic mass is 16.4. The maximum Gasteiger partial charge on any atom is 0.307 e. The van der Waals surface area contributed by atoms with E-state index in [0.29, 0.717) is 27.5 Å². The fourth-order valence-corrected chi connectivity index (χ4v) is 2.40. The van der Waals surface area contributed by atoms with Crippen LogP contribution >= 0.6 is 0 Å². The second-order valence-corrected chi connectivity index (χ2v) is 4.75. The molecule has 0 saturated carbocycles. The lowest BCUT2D eigenvalue weighted by atomic mass is 10.0. The maximum absolute atomic E-state index is 12.5. The first-order valence-electron chi connectivity index (χ1n) is 6.24. The van der Waals surface area contributed by atoms with Gasteiger partial charge in [0.1, 0.15) is 11.2 Å². The van der Waals surface area contributed by atoms with Crippen molar-refractivity contribution >= 4 is 27.9 Å². The van der Waals surface area contributed by atoms with Gasteiger partial charge in [-0.3, -0.25) is 9.59 Å². The summed E-state index contributed by atoms with van der Waals surface area (Å²) in [7, 11) is 0. The Balaban J connectivity index is 2.47. The fourth-order valence-electron chi connectivity index (χ4n) is 2.40. The molecule has 4 heteroatoms. The van der Waals surface area contributed by atoms with E-state index in [-0.39, 0.29) is 11.8 Å². The molecule has 4 nitrogen and oxygen atoms in total. The van der Waals surface area contributed by atoms with Gasteiger partial charge in [0, 0.05) is 5.56 Å². The van der Waals surface area contributed by atoms with Crippen LogP contribution in [0.2, 0.25) is 0 Å². The Labute approximate surface area is 114 Å². The van der Waals surface area contributed by atoms with Crippen LogP contribution in [0.3, 0.4) is 0 Å². The van der Waals surface area contributed by atoms with E-state index < -0.39 is 5.97 Å². The summed E-state index contributed by atoms with van der Waals surface area (Å²) in [5.74, 6) is -0.954. The minimum absolute atomic E-state index is 0.128. The Bertz CT molecular complexity index is 890. The van der Waals surface area contributed by atoms with Gasteiger partial charge in [0.15, 0.2) is 0 Å². The molecule has 0 saturated heterocycles. The second kappa shape index (κ2) is 4.49. The zero-order valence-corrected chi connectivity index (χ0v) is 10.8. The predicted octanol–water partition coefficient (Wildman–Crippen LogP) is 2.88. The Morgan fingerprint density at radius 1 is 1.10 bits per heavy atom. The normalized spacial score (nSPS) is 11.1. The van der Waals surface area contributed by atoms with Gasteiger partial charge in [-0.2, -0.15) is 0 Å². The maximum atomic E-state index is 12.5. The third-order valence-electron chi connectivity index (χ3n) is 3.34. The van der Waals surface area contributed by atoms with Gasteiger partial charge in [0.25, 0.3) is 0 Å². The van der Waals surface area contributed by atoms with Crippen LogP contribution in [0, 0.1) is 6.92 Å². The molecule has 1 N–H and O–H groups in total. The molecule has 0 aliphatic carbocycles. The van der Waals surface area contributed by atoms with E-state index in [1.54, 1.807) is 24.3 Å². The molecule has 0 spiro atoms. The molecular weight excluding hydrogens is 256 g/mol. The van der Waals surface area contributed by atoms with Crippen LogP contribution in [0.1, 0.15) is 11.1 Å². The van der Waals surface area contributed by atoms with Gasteiger partial charge in [-0.05, 0) is 24.6 Å². The van der Waals surface area contributed by atoms with Crippen molar-refractivity contribution in [3.8, 4) is 0 Å². The smallest absolute Gasteiger partial charge is 0.307 e. The van der Waals surface area contributed by atoms with Crippen LogP contribution in [-0.2, 0) is 11.2 Å². The number of benzene rings is 2. The Kier molecular flexibility index (Phi) is 2.79. The molecule has 0 radical (unpaired) electrons. The summed E-state index contributed by atoms with van der Waals surface area (Å²) in [4.78, 5) is 23.4. The molecule has 1 heterocycles. The van der Waals surface area contributed by atoms with E-state index in [2.05, 4.69) is 0 Å². The number of aryl methyl sites for hydroxylation is 1. The number of hydrogen-bond acceptors (Lipinski definition) is 3. The summed E-state index contributed by atoms with van der Waals surface area (Å²) in [6.45, 7) is 1.86. The number of aliphatic carboxylic acids is 1. The average Bonchev–Trinajstić information content (AvgIpc) is 2.41. The quantitative estimate of drug-likeness (QED) is 0.726. The summed E-state index contributed by atoms with van der Waals surface area (Å²) in [6, 6.07) is 10.4. The van der Waals surface area contributed by atoms with Crippen molar-refractivity contribution in [2.45, 2.75) is 13.3 Å². The molecule has 20 heavy (non-hydrogen) atoms. The van der Waals surface area contributed by atoms with E-state index in [9.17, 15) is 9.59 Å². The predicted molar refractivity (Wildman–Crippen MR) is 76.1 cm³/mol. The third kappa shape index (κ3) is 1.86. The summed E-state index contributed by atoms with van der Waals surface area (Å²) >= 11 is 0. The number of carbonyl (C=O) groups is 1. The fraction of sp³-hybridized carbons (Fsp3) is 0.125. The largest absolute Gasteiger partial charge is 0.481 e. The first-order valence-corrected chi connectivity index (χ1v) is 6.24. The number of carboxylic acids is 1. The molecule has 1 aromatic heterocycles. The average molecular weight is 268 g/mol. The van der Waals surface area contributed by atoms with Gasteiger partial charge in [-0.1, -0.05) is 24.3 Å². The minimum atomic E-state index is -0.954. The summed E-state index contributed by atoms with van der Waals surface area (Å²) in [6.07, 6.45) is -0.169. The van der Waals surface area contributed by atoms with Crippen LogP contribution in [0.4, 0.5) is 0 Å². The van der Waals surface area contributed by atoms with Crippen LogP contribution in [0.25, 0.3) is 21.9 Å². The van der Waals surface area contributed by atoms with E-state index in [0.717, 1.165) is 5.56 Å². The molecule has 0 unspecified atom stereocenters. The highest BCUT2D eigenvalue weighted by Crippen LogP contribution is 2.24. The van der Waals surface area contributed by atoms with E-state index in [1.165, 1.54) is 0 Å². The van der Waals surface area contributed by atoms with E-state index >= 15 is 0 Å². The van der Waals surface area contributed by atoms with Gasteiger partial charge in [-0.25, -0.2) is 0 Å². The van der Waals surface area contributed by atoms with Crippen LogP contribution in [0.5, 0.6) is 0 Å². The van der Waals surface area contributed by atoms with Crippen molar-refractivity contribution in [1.29, 1.82) is 0 Å². The number of hydrogen-bond donors (Lipinski definition) is 1. The van der Waals surface area contributed by atoms with Crippen molar-refractivity contribution in [1.82, 2.24) is 0 Å². The molecule has 100 valence electrons. The second-order valence-electron chi connectivity index (χ2n) is 4.75. The molecule has 0 amide bonds. The molecule has 0 aliphatic rings. The van der Waals surface area contributed by atoms with Gasteiger partial charge in [0.2, 0.25) is 5.43 Å². The Morgan fingerprint density at radius 2 is 1.75 bits per heavy atom. The first kappa shape index (κ1) is 12.4. The topological polar surface area (TPSA) is 67.5 Å².